The molecule has 0 spiro atoms. The summed E-state index contributed by atoms with van der Waals surface area (Å²) in [4.78, 5) is 14.0. The SMILES string of the molecule is O=C(c1ccc(Cl)c(Cl)c1)N1CCC[N]CC1. The Morgan fingerprint density at radius 1 is 1.18 bits per heavy atom. The van der Waals surface area contributed by atoms with Gasteiger partial charge in [0.05, 0.1) is 10.0 Å². The molecule has 1 amide bonds. The predicted octanol–water partition coefficient (Wildman–Crippen LogP) is 2.44. The molecule has 1 heterocycles. The minimum Gasteiger partial charge on any atom is -0.337 e. The van der Waals surface area contributed by atoms with E-state index in [1.54, 1.807) is 18.2 Å². The molecule has 0 aromatic heterocycles. The van der Waals surface area contributed by atoms with E-state index >= 15 is 0 Å². The van der Waals surface area contributed by atoms with Crippen LogP contribution in [-0.2, 0) is 0 Å². The summed E-state index contributed by atoms with van der Waals surface area (Å²) in [5.74, 6) is 0.000617. The molecule has 0 aliphatic carbocycles. The van der Waals surface area contributed by atoms with Crippen LogP contribution in [0.3, 0.4) is 0 Å². The maximum atomic E-state index is 12.2. The molecule has 0 unspecified atom stereocenters. The van der Waals surface area contributed by atoms with Gasteiger partial charge in [0.25, 0.3) is 5.91 Å². The molecular formula is C12H13Cl2N2O. The zero-order valence-corrected chi connectivity index (χ0v) is 10.8. The zero-order chi connectivity index (χ0) is 12.3. The molecule has 0 bridgehead atoms. The highest BCUT2D eigenvalue weighted by molar-refractivity contribution is 6.42. The van der Waals surface area contributed by atoms with Crippen molar-refractivity contribution in [3.8, 4) is 0 Å². The maximum Gasteiger partial charge on any atom is 0.253 e. The van der Waals surface area contributed by atoms with Gasteiger partial charge < -0.3 is 4.90 Å². The number of hydrogen-bond acceptors (Lipinski definition) is 1. The highest BCUT2D eigenvalue weighted by Crippen LogP contribution is 2.23. The lowest BCUT2D eigenvalue weighted by molar-refractivity contribution is 0.0766. The fourth-order valence-corrected chi connectivity index (χ4v) is 2.10. The molecule has 3 nitrogen and oxygen atoms in total. The van der Waals surface area contributed by atoms with E-state index in [0.29, 0.717) is 28.7 Å². The molecule has 5 heteroatoms. The Kier molecular flexibility index (Phi) is 4.26. The van der Waals surface area contributed by atoms with Gasteiger partial charge in [-0.05, 0) is 24.6 Å². The highest BCUT2D eigenvalue weighted by Gasteiger charge is 2.17. The third-order valence-corrected chi connectivity index (χ3v) is 3.47. The van der Waals surface area contributed by atoms with E-state index in [9.17, 15) is 4.79 Å². The first-order valence-electron chi connectivity index (χ1n) is 5.56. The Balaban J connectivity index is 2.14. The quantitative estimate of drug-likeness (QED) is 0.773. The van der Waals surface area contributed by atoms with Crippen molar-refractivity contribution in [2.24, 2.45) is 0 Å². The summed E-state index contributed by atoms with van der Waals surface area (Å²) < 4.78 is 0. The van der Waals surface area contributed by atoms with Crippen molar-refractivity contribution < 1.29 is 4.79 Å². The molecule has 0 atom stereocenters. The van der Waals surface area contributed by atoms with Crippen LogP contribution in [0.2, 0.25) is 10.0 Å². The summed E-state index contributed by atoms with van der Waals surface area (Å²) in [6.07, 6.45) is 0.924. The second-order valence-corrected chi connectivity index (χ2v) is 4.76. The second kappa shape index (κ2) is 5.71. The number of amides is 1. The molecule has 0 saturated carbocycles. The van der Waals surface area contributed by atoms with E-state index in [4.69, 9.17) is 23.2 Å². The first kappa shape index (κ1) is 12.7. The normalized spacial score (nSPS) is 16.7. The number of carbonyl (C=O) groups is 1. The Hall–Kier alpha value is -0.770. The monoisotopic (exact) mass is 271 g/mol. The van der Waals surface area contributed by atoms with Crippen LogP contribution >= 0.6 is 23.2 Å². The smallest absolute Gasteiger partial charge is 0.253 e. The second-order valence-electron chi connectivity index (χ2n) is 3.95. The van der Waals surface area contributed by atoms with Gasteiger partial charge in [0.15, 0.2) is 0 Å². The molecule has 1 aliphatic heterocycles. The van der Waals surface area contributed by atoms with Crippen LogP contribution in [0.4, 0.5) is 0 Å². The van der Waals surface area contributed by atoms with Gasteiger partial charge in [-0.1, -0.05) is 23.2 Å². The Morgan fingerprint density at radius 3 is 2.76 bits per heavy atom. The number of benzene rings is 1. The number of rotatable bonds is 1. The van der Waals surface area contributed by atoms with E-state index in [1.165, 1.54) is 0 Å². The van der Waals surface area contributed by atoms with Crippen LogP contribution in [0, 0.1) is 0 Å². The third-order valence-electron chi connectivity index (χ3n) is 2.73. The molecule has 1 fully saturated rings. The standard InChI is InChI=1S/C12H13Cl2N2O/c13-10-3-2-9(8-11(10)14)12(17)16-6-1-4-15-5-7-16/h2-3,8H,1,4-7H2. The van der Waals surface area contributed by atoms with Crippen molar-refractivity contribution in [3.05, 3.63) is 33.8 Å². The van der Waals surface area contributed by atoms with Gasteiger partial charge in [-0.2, -0.15) is 0 Å². The van der Waals surface area contributed by atoms with Crippen molar-refractivity contribution >= 4 is 29.1 Å². The van der Waals surface area contributed by atoms with Crippen molar-refractivity contribution in [3.63, 3.8) is 0 Å². The molecule has 1 aromatic rings. The predicted molar refractivity (Wildman–Crippen MR) is 68.9 cm³/mol. The summed E-state index contributed by atoms with van der Waals surface area (Å²) in [5, 5.41) is 5.17. The lowest BCUT2D eigenvalue weighted by atomic mass is 10.2. The fraction of sp³-hybridized carbons (Fsp3) is 0.417. The summed E-state index contributed by atoms with van der Waals surface area (Å²) in [6, 6.07) is 4.98. The average molecular weight is 272 g/mol. The van der Waals surface area contributed by atoms with Crippen LogP contribution in [-0.4, -0.2) is 37.0 Å². The van der Waals surface area contributed by atoms with Crippen LogP contribution in [0.5, 0.6) is 0 Å². The minimum absolute atomic E-state index is 0.000617. The van der Waals surface area contributed by atoms with Crippen molar-refractivity contribution in [1.82, 2.24) is 10.2 Å². The van der Waals surface area contributed by atoms with Gasteiger partial charge in [0.2, 0.25) is 0 Å². The molecule has 1 aromatic carbocycles. The lowest BCUT2D eigenvalue weighted by Crippen LogP contribution is -2.33. The van der Waals surface area contributed by atoms with E-state index in [0.717, 1.165) is 19.5 Å². The molecule has 17 heavy (non-hydrogen) atoms. The summed E-state index contributed by atoms with van der Waals surface area (Å²) >= 11 is 11.7. The van der Waals surface area contributed by atoms with Gasteiger partial charge in [-0.3, -0.25) is 4.79 Å². The minimum atomic E-state index is 0.000617. The van der Waals surface area contributed by atoms with Crippen LogP contribution in [0.25, 0.3) is 0 Å². The topological polar surface area (TPSA) is 34.4 Å². The number of carbonyl (C=O) groups excluding carboxylic acids is 1. The molecule has 1 aliphatic rings. The van der Waals surface area contributed by atoms with Crippen LogP contribution in [0.15, 0.2) is 18.2 Å². The van der Waals surface area contributed by atoms with Crippen molar-refractivity contribution in [2.75, 3.05) is 26.2 Å². The highest BCUT2D eigenvalue weighted by atomic mass is 35.5. The lowest BCUT2D eigenvalue weighted by Gasteiger charge is -2.19. The maximum absolute atomic E-state index is 12.2. The van der Waals surface area contributed by atoms with Gasteiger partial charge in [0.1, 0.15) is 0 Å². The fourth-order valence-electron chi connectivity index (χ4n) is 1.80. The largest absolute Gasteiger partial charge is 0.337 e. The molecule has 0 N–H and O–H groups in total. The molecule has 2 rings (SSSR count). The van der Waals surface area contributed by atoms with Gasteiger partial charge in [-0.15, -0.1) is 0 Å². The molecule has 1 saturated heterocycles. The first-order valence-corrected chi connectivity index (χ1v) is 6.31. The van der Waals surface area contributed by atoms with Gasteiger partial charge in [-0.25, -0.2) is 5.32 Å². The van der Waals surface area contributed by atoms with E-state index in [2.05, 4.69) is 5.32 Å². The summed E-state index contributed by atoms with van der Waals surface area (Å²) in [5.41, 5.74) is 0.585. The van der Waals surface area contributed by atoms with E-state index in [1.807, 2.05) is 4.90 Å². The van der Waals surface area contributed by atoms with Gasteiger partial charge >= 0.3 is 0 Å². The Labute approximate surface area is 111 Å². The summed E-state index contributed by atoms with van der Waals surface area (Å²) in [6.45, 7) is 2.99. The zero-order valence-electron chi connectivity index (χ0n) is 9.33. The van der Waals surface area contributed by atoms with Crippen molar-refractivity contribution in [1.29, 1.82) is 0 Å². The Bertz CT molecular complexity index is 415. The number of hydrogen-bond donors (Lipinski definition) is 0. The number of nitrogens with zero attached hydrogens (tertiary/aromatic N) is 2. The molecule has 91 valence electrons. The number of halogens is 2. The summed E-state index contributed by atoms with van der Waals surface area (Å²) in [7, 11) is 0. The van der Waals surface area contributed by atoms with E-state index in [-0.39, 0.29) is 5.91 Å². The van der Waals surface area contributed by atoms with E-state index < -0.39 is 0 Å². The molecule has 1 radical (unpaired) electrons. The Morgan fingerprint density at radius 2 is 2.00 bits per heavy atom. The average Bonchev–Trinajstić information content (AvgIpc) is 2.60. The van der Waals surface area contributed by atoms with Crippen molar-refractivity contribution in [2.45, 2.75) is 6.42 Å². The van der Waals surface area contributed by atoms with Gasteiger partial charge in [0, 0.05) is 31.7 Å². The first-order chi connectivity index (χ1) is 8.18. The molecular weight excluding hydrogens is 259 g/mol. The van der Waals surface area contributed by atoms with Crippen LogP contribution < -0.4 is 5.32 Å². The third kappa shape index (κ3) is 3.12. The van der Waals surface area contributed by atoms with Crippen LogP contribution in [0.1, 0.15) is 16.8 Å².